The zero-order chi connectivity index (χ0) is 22.5. The van der Waals surface area contributed by atoms with Gasteiger partial charge in [0.25, 0.3) is 5.91 Å². The van der Waals surface area contributed by atoms with E-state index >= 15 is 0 Å². The summed E-state index contributed by atoms with van der Waals surface area (Å²) in [7, 11) is 1.93. The quantitative estimate of drug-likeness (QED) is 0.623. The third kappa shape index (κ3) is 3.32. The number of likely N-dealkylation sites (tertiary alicyclic amines) is 1. The Morgan fingerprint density at radius 2 is 2.00 bits per heavy atom. The van der Waals surface area contributed by atoms with Gasteiger partial charge in [-0.05, 0) is 56.7 Å². The van der Waals surface area contributed by atoms with Crippen LogP contribution in [0.15, 0.2) is 42.7 Å². The van der Waals surface area contributed by atoms with Gasteiger partial charge >= 0.3 is 0 Å². The molecule has 0 unspecified atom stereocenters. The van der Waals surface area contributed by atoms with Crippen LogP contribution in [0.25, 0.3) is 11.4 Å². The van der Waals surface area contributed by atoms with Crippen molar-refractivity contribution in [3.63, 3.8) is 0 Å². The molecule has 0 N–H and O–H groups in total. The molecule has 4 heterocycles. The molecule has 1 aromatic carbocycles. The standard InChI is InChI=1S/C25H28N4O3/c1-16(2)31-20-8-7-18(14-17(20)3)24(30)29-12-9-25(10-13-29)19-15-27-28(4)23(19)22-21(32-25)6-5-11-26-22/h5-8,11,14-16H,9-10,12-13H2,1-4H3. The summed E-state index contributed by atoms with van der Waals surface area (Å²) >= 11 is 0. The van der Waals surface area contributed by atoms with Crippen molar-refractivity contribution in [3.8, 4) is 22.9 Å². The minimum Gasteiger partial charge on any atom is -0.491 e. The number of fused-ring (bicyclic) bond motifs is 4. The first-order valence-corrected chi connectivity index (χ1v) is 11.1. The molecule has 0 bridgehead atoms. The van der Waals surface area contributed by atoms with Crippen molar-refractivity contribution in [3.05, 3.63) is 59.4 Å². The second-order valence-electron chi connectivity index (χ2n) is 8.92. The van der Waals surface area contributed by atoms with Crippen LogP contribution < -0.4 is 9.47 Å². The second-order valence-corrected chi connectivity index (χ2v) is 8.92. The number of benzene rings is 1. The van der Waals surface area contributed by atoms with E-state index in [1.165, 1.54) is 0 Å². The molecule has 7 nitrogen and oxygen atoms in total. The molecule has 0 radical (unpaired) electrons. The first-order valence-electron chi connectivity index (χ1n) is 11.1. The highest BCUT2D eigenvalue weighted by Gasteiger charge is 2.46. The van der Waals surface area contributed by atoms with Gasteiger partial charge in [-0.3, -0.25) is 14.5 Å². The maximum atomic E-state index is 13.2. The number of carbonyl (C=O) groups excluding carboxylic acids is 1. The lowest BCUT2D eigenvalue weighted by Crippen LogP contribution is -2.49. The molecule has 0 aliphatic carbocycles. The molecule has 3 aromatic rings. The summed E-state index contributed by atoms with van der Waals surface area (Å²) in [6.45, 7) is 7.21. The van der Waals surface area contributed by atoms with Crippen molar-refractivity contribution < 1.29 is 14.3 Å². The highest BCUT2D eigenvalue weighted by atomic mass is 16.5. The molecular formula is C25H28N4O3. The Kier molecular flexibility index (Phi) is 4.92. The van der Waals surface area contributed by atoms with E-state index in [1.54, 1.807) is 6.20 Å². The van der Waals surface area contributed by atoms with Gasteiger partial charge < -0.3 is 14.4 Å². The maximum Gasteiger partial charge on any atom is 0.253 e. The first-order chi connectivity index (χ1) is 15.4. The number of nitrogens with zero attached hydrogens (tertiary/aromatic N) is 4. The molecule has 1 saturated heterocycles. The molecule has 1 fully saturated rings. The minimum absolute atomic E-state index is 0.0448. The molecule has 0 saturated carbocycles. The molecule has 166 valence electrons. The smallest absolute Gasteiger partial charge is 0.253 e. The number of hydrogen-bond donors (Lipinski definition) is 0. The number of amides is 1. The lowest BCUT2D eigenvalue weighted by atomic mass is 9.81. The third-order valence-electron chi connectivity index (χ3n) is 6.37. The Hall–Kier alpha value is -3.35. The topological polar surface area (TPSA) is 69.5 Å². The van der Waals surface area contributed by atoms with Gasteiger partial charge in [-0.2, -0.15) is 5.10 Å². The van der Waals surface area contributed by atoms with Crippen LogP contribution in [0.3, 0.4) is 0 Å². The number of pyridine rings is 1. The number of ether oxygens (including phenoxy) is 2. The van der Waals surface area contributed by atoms with Crippen LogP contribution in [0.4, 0.5) is 0 Å². The molecular weight excluding hydrogens is 404 g/mol. The van der Waals surface area contributed by atoms with E-state index in [9.17, 15) is 4.79 Å². The largest absolute Gasteiger partial charge is 0.491 e. The summed E-state index contributed by atoms with van der Waals surface area (Å²) in [6, 6.07) is 9.52. The minimum atomic E-state index is -0.485. The van der Waals surface area contributed by atoms with Crippen molar-refractivity contribution in [2.24, 2.45) is 7.05 Å². The first kappa shape index (κ1) is 20.5. The van der Waals surface area contributed by atoms with E-state index in [4.69, 9.17) is 9.47 Å². The zero-order valence-electron chi connectivity index (χ0n) is 19.0. The lowest BCUT2D eigenvalue weighted by molar-refractivity contribution is -0.00206. The predicted molar refractivity (Wildman–Crippen MR) is 121 cm³/mol. The summed E-state index contributed by atoms with van der Waals surface area (Å²) in [5, 5.41) is 4.49. The second kappa shape index (κ2) is 7.65. The molecule has 32 heavy (non-hydrogen) atoms. The molecule has 1 amide bonds. The third-order valence-corrected chi connectivity index (χ3v) is 6.37. The summed E-state index contributed by atoms with van der Waals surface area (Å²) in [5.41, 5.74) is 4.06. The van der Waals surface area contributed by atoms with Crippen LogP contribution >= 0.6 is 0 Å². The maximum absolute atomic E-state index is 13.2. The summed E-state index contributed by atoms with van der Waals surface area (Å²) in [6.07, 6.45) is 5.18. The Morgan fingerprint density at radius 3 is 2.72 bits per heavy atom. The van der Waals surface area contributed by atoms with Crippen LogP contribution in [-0.4, -0.2) is 44.8 Å². The highest BCUT2D eigenvalue weighted by molar-refractivity contribution is 5.94. The van der Waals surface area contributed by atoms with E-state index in [0.717, 1.165) is 34.0 Å². The molecule has 2 aliphatic rings. The van der Waals surface area contributed by atoms with Crippen molar-refractivity contribution >= 4 is 5.91 Å². The van der Waals surface area contributed by atoms with E-state index < -0.39 is 5.60 Å². The fourth-order valence-electron chi connectivity index (χ4n) is 4.76. The number of piperidine rings is 1. The summed E-state index contributed by atoms with van der Waals surface area (Å²) < 4.78 is 14.2. The van der Waals surface area contributed by atoms with E-state index in [1.807, 2.05) is 73.9 Å². The van der Waals surface area contributed by atoms with Gasteiger partial charge in [0, 0.05) is 50.3 Å². The average Bonchev–Trinajstić information content (AvgIpc) is 3.18. The van der Waals surface area contributed by atoms with Crippen molar-refractivity contribution in [1.29, 1.82) is 0 Å². The van der Waals surface area contributed by atoms with Gasteiger partial charge in [-0.1, -0.05) is 0 Å². The Balaban J connectivity index is 1.36. The molecule has 1 spiro atoms. The Labute approximate surface area is 188 Å². The number of rotatable bonds is 3. The highest BCUT2D eigenvalue weighted by Crippen LogP contribution is 2.48. The SMILES string of the molecule is Cc1cc(C(=O)N2CCC3(CC2)Oc2cccnc2-c2c3cnn2C)ccc1OC(C)C. The van der Waals surface area contributed by atoms with Gasteiger partial charge in [0.05, 0.1) is 18.0 Å². The van der Waals surface area contributed by atoms with Crippen LogP contribution in [0.2, 0.25) is 0 Å². The van der Waals surface area contributed by atoms with Gasteiger partial charge in [0.15, 0.2) is 0 Å². The number of carbonyl (C=O) groups is 1. The van der Waals surface area contributed by atoms with Gasteiger partial charge in [-0.15, -0.1) is 0 Å². The average molecular weight is 433 g/mol. The Bertz CT molecular complexity index is 1180. The number of aromatic nitrogens is 3. The van der Waals surface area contributed by atoms with Crippen LogP contribution in [0, 0.1) is 6.92 Å². The monoisotopic (exact) mass is 432 g/mol. The van der Waals surface area contributed by atoms with Gasteiger partial charge in [-0.25, -0.2) is 0 Å². The fourth-order valence-corrected chi connectivity index (χ4v) is 4.76. The summed E-state index contributed by atoms with van der Waals surface area (Å²) in [5.74, 6) is 1.64. The number of hydrogen-bond acceptors (Lipinski definition) is 5. The molecule has 2 aromatic heterocycles. The molecule has 0 atom stereocenters. The van der Waals surface area contributed by atoms with Crippen molar-refractivity contribution in [1.82, 2.24) is 19.7 Å². The van der Waals surface area contributed by atoms with E-state index in [0.29, 0.717) is 31.5 Å². The van der Waals surface area contributed by atoms with Crippen LogP contribution in [-0.2, 0) is 12.6 Å². The molecule has 2 aliphatic heterocycles. The van der Waals surface area contributed by atoms with Crippen molar-refractivity contribution in [2.75, 3.05) is 13.1 Å². The molecule has 7 heteroatoms. The van der Waals surface area contributed by atoms with E-state index in [2.05, 4.69) is 10.1 Å². The van der Waals surface area contributed by atoms with Crippen molar-refractivity contribution in [2.45, 2.75) is 45.3 Å². The van der Waals surface area contributed by atoms with Crippen LogP contribution in [0.1, 0.15) is 48.2 Å². The normalized spacial score (nSPS) is 16.5. The number of aryl methyl sites for hydroxylation is 2. The zero-order valence-corrected chi connectivity index (χ0v) is 19.0. The summed E-state index contributed by atoms with van der Waals surface area (Å²) in [4.78, 5) is 19.7. The lowest BCUT2D eigenvalue weighted by Gasteiger charge is -2.44. The van der Waals surface area contributed by atoms with Crippen LogP contribution in [0.5, 0.6) is 11.5 Å². The van der Waals surface area contributed by atoms with Gasteiger partial charge in [0.1, 0.15) is 22.8 Å². The van der Waals surface area contributed by atoms with E-state index in [-0.39, 0.29) is 12.0 Å². The predicted octanol–water partition coefficient (Wildman–Crippen LogP) is 4.10. The molecule has 5 rings (SSSR count). The van der Waals surface area contributed by atoms with Gasteiger partial charge in [0.2, 0.25) is 0 Å². The fraction of sp³-hybridized carbons (Fsp3) is 0.400. The Morgan fingerprint density at radius 1 is 1.22 bits per heavy atom.